The van der Waals surface area contributed by atoms with Crippen LogP contribution in [0.1, 0.15) is 17.2 Å². The van der Waals surface area contributed by atoms with E-state index in [1.54, 1.807) is 6.26 Å². The first-order valence-electron chi connectivity index (χ1n) is 4.98. The van der Waals surface area contributed by atoms with Crippen LogP contribution in [0.25, 0.3) is 0 Å². The van der Waals surface area contributed by atoms with E-state index in [4.69, 9.17) is 4.42 Å². The molecule has 0 radical (unpaired) electrons. The normalized spacial score (nSPS) is 12.7. The molecule has 90 valence electrons. The van der Waals surface area contributed by atoms with Crippen molar-refractivity contribution in [2.75, 3.05) is 7.05 Å². The predicted octanol–water partition coefficient (Wildman–Crippen LogP) is 4.88. The van der Waals surface area contributed by atoms with Crippen LogP contribution in [0.4, 0.5) is 0 Å². The van der Waals surface area contributed by atoms with E-state index in [-0.39, 0.29) is 6.04 Å². The quantitative estimate of drug-likeness (QED) is 0.761. The Labute approximate surface area is 125 Å². The van der Waals surface area contributed by atoms with Crippen molar-refractivity contribution >= 4 is 47.8 Å². The second-order valence-electron chi connectivity index (χ2n) is 3.54. The Morgan fingerprint density at radius 1 is 1.12 bits per heavy atom. The molecule has 5 heteroatoms. The van der Waals surface area contributed by atoms with Crippen molar-refractivity contribution in [2.24, 2.45) is 0 Å². The van der Waals surface area contributed by atoms with Gasteiger partial charge in [0.15, 0.2) is 4.67 Å². The van der Waals surface area contributed by atoms with Crippen molar-refractivity contribution in [2.45, 2.75) is 6.04 Å². The van der Waals surface area contributed by atoms with Gasteiger partial charge in [0.05, 0.1) is 12.3 Å². The lowest BCUT2D eigenvalue weighted by Gasteiger charge is -2.17. The van der Waals surface area contributed by atoms with Gasteiger partial charge in [-0.3, -0.25) is 0 Å². The standard InChI is InChI=1S/C12H10Br3NO/c1-16-11(8-4-5-17-12(8)15)9-6-7(13)2-3-10(9)14/h2-6,11,16H,1H3. The Kier molecular flexibility index (Phi) is 4.47. The highest BCUT2D eigenvalue weighted by Crippen LogP contribution is 2.34. The van der Waals surface area contributed by atoms with Gasteiger partial charge in [-0.05, 0) is 52.8 Å². The third-order valence-electron chi connectivity index (χ3n) is 2.51. The topological polar surface area (TPSA) is 25.2 Å². The maximum atomic E-state index is 5.29. The zero-order valence-electron chi connectivity index (χ0n) is 9.01. The molecule has 1 unspecified atom stereocenters. The molecule has 0 aliphatic carbocycles. The Bertz CT molecular complexity index is 524. The fourth-order valence-electron chi connectivity index (χ4n) is 1.72. The summed E-state index contributed by atoms with van der Waals surface area (Å²) in [6, 6.07) is 8.15. The fourth-order valence-corrected chi connectivity index (χ4v) is 3.05. The first kappa shape index (κ1) is 13.3. The maximum absolute atomic E-state index is 5.29. The second-order valence-corrected chi connectivity index (χ2v) is 6.03. The average Bonchev–Trinajstić information content (AvgIpc) is 2.71. The molecule has 2 nitrogen and oxygen atoms in total. The largest absolute Gasteiger partial charge is 0.457 e. The van der Waals surface area contributed by atoms with E-state index in [0.29, 0.717) is 0 Å². The zero-order chi connectivity index (χ0) is 12.4. The predicted molar refractivity (Wildman–Crippen MR) is 79.2 cm³/mol. The average molecular weight is 424 g/mol. The van der Waals surface area contributed by atoms with E-state index < -0.39 is 0 Å². The minimum Gasteiger partial charge on any atom is -0.457 e. The molecule has 1 N–H and O–H groups in total. The van der Waals surface area contributed by atoms with Crippen molar-refractivity contribution in [3.8, 4) is 0 Å². The molecule has 0 saturated heterocycles. The van der Waals surface area contributed by atoms with Crippen molar-refractivity contribution in [1.82, 2.24) is 5.32 Å². The van der Waals surface area contributed by atoms with Gasteiger partial charge in [0, 0.05) is 14.5 Å². The molecule has 0 spiro atoms. The first-order chi connectivity index (χ1) is 8.13. The van der Waals surface area contributed by atoms with Crippen LogP contribution in [0.5, 0.6) is 0 Å². The minimum atomic E-state index is 0.0787. The molecule has 0 saturated carbocycles. The summed E-state index contributed by atoms with van der Waals surface area (Å²) in [5, 5.41) is 3.29. The molecular formula is C12H10Br3NO. The van der Waals surface area contributed by atoms with Crippen molar-refractivity contribution in [3.05, 3.63) is 55.3 Å². The summed E-state index contributed by atoms with van der Waals surface area (Å²) in [6.07, 6.45) is 1.68. The third-order valence-corrected chi connectivity index (χ3v) is 4.37. The summed E-state index contributed by atoms with van der Waals surface area (Å²) in [5.74, 6) is 0. The summed E-state index contributed by atoms with van der Waals surface area (Å²) in [6.45, 7) is 0. The number of hydrogen-bond donors (Lipinski definition) is 1. The van der Waals surface area contributed by atoms with Gasteiger partial charge in [0.2, 0.25) is 0 Å². The highest BCUT2D eigenvalue weighted by Gasteiger charge is 2.19. The highest BCUT2D eigenvalue weighted by molar-refractivity contribution is 9.11. The van der Waals surface area contributed by atoms with Gasteiger partial charge in [-0.15, -0.1) is 0 Å². The molecule has 1 aromatic heterocycles. The smallest absolute Gasteiger partial charge is 0.174 e. The van der Waals surface area contributed by atoms with Crippen molar-refractivity contribution in [3.63, 3.8) is 0 Å². The van der Waals surface area contributed by atoms with E-state index in [2.05, 4.69) is 59.2 Å². The SMILES string of the molecule is CNC(c1cc(Br)ccc1Br)c1ccoc1Br. The summed E-state index contributed by atoms with van der Waals surface area (Å²) < 4.78 is 8.16. The van der Waals surface area contributed by atoms with Crippen LogP contribution < -0.4 is 5.32 Å². The third kappa shape index (κ3) is 2.84. The van der Waals surface area contributed by atoms with Gasteiger partial charge >= 0.3 is 0 Å². The molecule has 2 aromatic rings. The van der Waals surface area contributed by atoms with Gasteiger partial charge in [-0.25, -0.2) is 0 Å². The van der Waals surface area contributed by atoms with Crippen LogP contribution >= 0.6 is 47.8 Å². The van der Waals surface area contributed by atoms with Gasteiger partial charge in [0.1, 0.15) is 0 Å². The molecule has 1 atom stereocenters. The van der Waals surface area contributed by atoms with Gasteiger partial charge < -0.3 is 9.73 Å². The van der Waals surface area contributed by atoms with E-state index >= 15 is 0 Å². The summed E-state index contributed by atoms with van der Waals surface area (Å²) in [4.78, 5) is 0. The monoisotopic (exact) mass is 421 g/mol. The van der Waals surface area contributed by atoms with Crippen LogP contribution in [0.3, 0.4) is 0 Å². The Hall–Kier alpha value is -0.100. The molecule has 0 aliphatic heterocycles. The van der Waals surface area contributed by atoms with Crippen molar-refractivity contribution < 1.29 is 4.42 Å². The molecule has 17 heavy (non-hydrogen) atoms. The number of halogens is 3. The lowest BCUT2D eigenvalue weighted by molar-refractivity contribution is 0.530. The minimum absolute atomic E-state index is 0.0787. The van der Waals surface area contributed by atoms with Crippen molar-refractivity contribution in [1.29, 1.82) is 0 Å². The molecule has 1 heterocycles. The van der Waals surface area contributed by atoms with Crippen LogP contribution in [-0.4, -0.2) is 7.05 Å². The molecule has 0 fully saturated rings. The Morgan fingerprint density at radius 2 is 1.88 bits per heavy atom. The molecule has 0 bridgehead atoms. The summed E-state index contributed by atoms with van der Waals surface area (Å²) in [7, 11) is 1.93. The molecule has 1 aromatic carbocycles. The summed E-state index contributed by atoms with van der Waals surface area (Å²) >= 11 is 10.5. The second kappa shape index (κ2) is 5.69. The van der Waals surface area contributed by atoms with Crippen LogP contribution in [0, 0.1) is 0 Å². The molecule has 2 rings (SSSR count). The fraction of sp³-hybridized carbons (Fsp3) is 0.167. The zero-order valence-corrected chi connectivity index (χ0v) is 13.8. The van der Waals surface area contributed by atoms with Gasteiger partial charge in [-0.2, -0.15) is 0 Å². The lowest BCUT2D eigenvalue weighted by atomic mass is 10.0. The molecule has 0 amide bonds. The lowest BCUT2D eigenvalue weighted by Crippen LogP contribution is -2.18. The van der Waals surface area contributed by atoms with E-state index in [9.17, 15) is 0 Å². The number of rotatable bonds is 3. The summed E-state index contributed by atoms with van der Waals surface area (Å²) in [5.41, 5.74) is 2.23. The van der Waals surface area contributed by atoms with E-state index in [1.165, 1.54) is 0 Å². The molecular weight excluding hydrogens is 414 g/mol. The number of benzene rings is 1. The van der Waals surface area contributed by atoms with E-state index in [0.717, 1.165) is 24.7 Å². The number of furan rings is 1. The van der Waals surface area contributed by atoms with Gasteiger partial charge in [-0.1, -0.05) is 31.9 Å². The van der Waals surface area contributed by atoms with Crippen LogP contribution in [0.15, 0.2) is 48.6 Å². The number of hydrogen-bond acceptors (Lipinski definition) is 2. The van der Waals surface area contributed by atoms with E-state index in [1.807, 2.05) is 25.2 Å². The van der Waals surface area contributed by atoms with Gasteiger partial charge in [0.25, 0.3) is 0 Å². The first-order valence-corrected chi connectivity index (χ1v) is 7.36. The van der Waals surface area contributed by atoms with Crippen LogP contribution in [-0.2, 0) is 0 Å². The maximum Gasteiger partial charge on any atom is 0.174 e. The highest BCUT2D eigenvalue weighted by atomic mass is 79.9. The Morgan fingerprint density at radius 3 is 2.47 bits per heavy atom. The van der Waals surface area contributed by atoms with Crippen LogP contribution in [0.2, 0.25) is 0 Å². The molecule has 0 aliphatic rings. The number of nitrogens with one attached hydrogen (secondary N) is 1. The Balaban J connectivity index is 2.49.